The smallest absolute Gasteiger partial charge is 0.0300 e. The van der Waals surface area contributed by atoms with E-state index in [4.69, 9.17) is 0 Å². The third-order valence-electron chi connectivity index (χ3n) is 1.99. The van der Waals surface area contributed by atoms with Crippen LogP contribution in [0.1, 0.15) is 30.0 Å². The van der Waals surface area contributed by atoms with Gasteiger partial charge in [-0.25, -0.2) is 0 Å². The molecule has 0 radical (unpaired) electrons. The maximum Gasteiger partial charge on any atom is 0.0300 e. The van der Waals surface area contributed by atoms with Crippen LogP contribution in [0.25, 0.3) is 0 Å². The second kappa shape index (κ2) is 3.51. The first-order valence-electron chi connectivity index (χ1n) is 4.15. The molecule has 0 unspecified atom stereocenters. The lowest BCUT2D eigenvalue weighted by atomic mass is 10.0. The van der Waals surface area contributed by atoms with Crippen LogP contribution in [0.15, 0.2) is 12.4 Å². The van der Waals surface area contributed by atoms with Gasteiger partial charge in [-0.05, 0) is 37.0 Å². The number of aromatic nitrogens is 1. The molecule has 0 aliphatic carbocycles. The van der Waals surface area contributed by atoms with Crippen molar-refractivity contribution in [3.63, 3.8) is 0 Å². The molecule has 0 aromatic carbocycles. The molecule has 0 saturated carbocycles. The zero-order valence-electron chi connectivity index (χ0n) is 7.52. The summed E-state index contributed by atoms with van der Waals surface area (Å²) in [6.07, 6.45) is 6.28. The summed E-state index contributed by atoms with van der Waals surface area (Å²) in [6, 6.07) is 0. The Balaban J connectivity index is 3.00. The molecular formula is C10H15N. The molecule has 0 N–H and O–H groups in total. The van der Waals surface area contributed by atoms with Gasteiger partial charge in [0.15, 0.2) is 0 Å². The monoisotopic (exact) mass is 149 g/mol. The number of hydrogen-bond donors (Lipinski definition) is 0. The fraction of sp³-hybridized carbons (Fsp3) is 0.500. The van der Waals surface area contributed by atoms with Crippen LogP contribution >= 0.6 is 0 Å². The van der Waals surface area contributed by atoms with Crippen LogP contribution in [0.5, 0.6) is 0 Å². The maximum absolute atomic E-state index is 4.13. The Morgan fingerprint density at radius 3 is 2.18 bits per heavy atom. The van der Waals surface area contributed by atoms with Gasteiger partial charge in [-0.3, -0.25) is 4.98 Å². The van der Waals surface area contributed by atoms with Crippen LogP contribution in [-0.2, 0) is 6.42 Å². The van der Waals surface area contributed by atoms with Crippen molar-refractivity contribution < 1.29 is 0 Å². The molecule has 1 heteroatoms. The van der Waals surface area contributed by atoms with Crippen molar-refractivity contribution >= 4 is 0 Å². The molecule has 0 bridgehead atoms. The molecule has 0 spiro atoms. The predicted octanol–water partition coefficient (Wildman–Crippen LogP) is 2.65. The van der Waals surface area contributed by atoms with E-state index in [0.717, 1.165) is 0 Å². The average molecular weight is 149 g/mol. The Kier molecular flexibility index (Phi) is 2.64. The molecule has 60 valence electrons. The largest absolute Gasteiger partial charge is 0.264 e. The Labute approximate surface area is 68.5 Å². The topological polar surface area (TPSA) is 12.9 Å². The van der Waals surface area contributed by atoms with Crippen molar-refractivity contribution in [1.29, 1.82) is 0 Å². The molecule has 11 heavy (non-hydrogen) atoms. The number of hydrogen-bond acceptors (Lipinski definition) is 1. The molecule has 1 nitrogen and oxygen atoms in total. The van der Waals surface area contributed by atoms with Crippen LogP contribution in [0.3, 0.4) is 0 Å². The fourth-order valence-corrected chi connectivity index (χ4v) is 1.37. The first-order valence-corrected chi connectivity index (χ1v) is 4.15. The van der Waals surface area contributed by atoms with E-state index in [-0.39, 0.29) is 0 Å². The highest BCUT2D eigenvalue weighted by Gasteiger charge is 1.99. The third kappa shape index (κ3) is 1.79. The molecule has 0 amide bonds. The predicted molar refractivity (Wildman–Crippen MR) is 47.7 cm³/mol. The van der Waals surface area contributed by atoms with Crippen molar-refractivity contribution in [3.05, 3.63) is 29.1 Å². The van der Waals surface area contributed by atoms with Crippen LogP contribution in [-0.4, -0.2) is 4.98 Å². The Morgan fingerprint density at radius 2 is 1.73 bits per heavy atom. The van der Waals surface area contributed by atoms with Crippen LogP contribution < -0.4 is 0 Å². The van der Waals surface area contributed by atoms with Crippen molar-refractivity contribution in [2.75, 3.05) is 0 Å². The zero-order valence-corrected chi connectivity index (χ0v) is 7.52. The lowest BCUT2D eigenvalue weighted by molar-refractivity contribution is 0.896. The summed E-state index contributed by atoms with van der Waals surface area (Å²) < 4.78 is 0. The summed E-state index contributed by atoms with van der Waals surface area (Å²) in [5, 5.41) is 0. The van der Waals surface area contributed by atoms with Gasteiger partial charge in [0.05, 0.1) is 0 Å². The lowest BCUT2D eigenvalue weighted by Crippen LogP contribution is -1.93. The highest BCUT2D eigenvalue weighted by atomic mass is 14.6. The summed E-state index contributed by atoms with van der Waals surface area (Å²) in [4.78, 5) is 4.13. The molecule has 0 atom stereocenters. The molecule has 1 rings (SSSR count). The second-order valence-corrected chi connectivity index (χ2v) is 3.00. The first-order chi connectivity index (χ1) is 5.25. The standard InChI is InChI=1S/C10H15N/c1-4-5-10-8(2)6-11-7-9(10)3/h6-7H,4-5H2,1-3H3. The molecule has 0 aliphatic heterocycles. The number of aryl methyl sites for hydroxylation is 2. The highest BCUT2D eigenvalue weighted by molar-refractivity contribution is 5.29. The van der Waals surface area contributed by atoms with Gasteiger partial charge in [0, 0.05) is 12.4 Å². The van der Waals surface area contributed by atoms with Crippen molar-refractivity contribution in [2.24, 2.45) is 0 Å². The zero-order chi connectivity index (χ0) is 8.27. The number of rotatable bonds is 2. The molecule has 0 fully saturated rings. The van der Waals surface area contributed by atoms with Gasteiger partial charge in [0.1, 0.15) is 0 Å². The Bertz CT molecular complexity index is 220. The van der Waals surface area contributed by atoms with Gasteiger partial charge in [0.25, 0.3) is 0 Å². The van der Waals surface area contributed by atoms with Crippen molar-refractivity contribution in [1.82, 2.24) is 4.98 Å². The summed E-state index contributed by atoms with van der Waals surface area (Å²) in [5.41, 5.74) is 4.13. The van der Waals surface area contributed by atoms with Gasteiger partial charge in [-0.15, -0.1) is 0 Å². The Morgan fingerprint density at radius 1 is 1.18 bits per heavy atom. The molecule has 0 saturated heterocycles. The number of pyridine rings is 1. The van der Waals surface area contributed by atoms with E-state index in [9.17, 15) is 0 Å². The van der Waals surface area contributed by atoms with E-state index >= 15 is 0 Å². The van der Waals surface area contributed by atoms with Crippen LogP contribution in [0.2, 0.25) is 0 Å². The minimum absolute atomic E-state index is 1.18. The highest BCUT2D eigenvalue weighted by Crippen LogP contribution is 2.12. The molecule has 0 aliphatic rings. The average Bonchev–Trinajstić information content (AvgIpc) is 1.97. The van der Waals surface area contributed by atoms with E-state index in [1.807, 2.05) is 12.4 Å². The SMILES string of the molecule is CCCc1c(C)cncc1C. The van der Waals surface area contributed by atoms with Crippen molar-refractivity contribution in [3.8, 4) is 0 Å². The molecule has 1 aromatic heterocycles. The maximum atomic E-state index is 4.13. The third-order valence-corrected chi connectivity index (χ3v) is 1.99. The van der Waals surface area contributed by atoms with E-state index < -0.39 is 0 Å². The molecular weight excluding hydrogens is 134 g/mol. The van der Waals surface area contributed by atoms with Crippen LogP contribution in [0.4, 0.5) is 0 Å². The summed E-state index contributed by atoms with van der Waals surface area (Å²) >= 11 is 0. The van der Waals surface area contributed by atoms with Gasteiger partial charge >= 0.3 is 0 Å². The van der Waals surface area contributed by atoms with Gasteiger partial charge in [0.2, 0.25) is 0 Å². The minimum atomic E-state index is 1.18. The van der Waals surface area contributed by atoms with E-state index in [1.165, 1.54) is 29.5 Å². The van der Waals surface area contributed by atoms with Gasteiger partial charge in [-0.1, -0.05) is 13.3 Å². The first kappa shape index (κ1) is 8.25. The van der Waals surface area contributed by atoms with Gasteiger partial charge in [-0.2, -0.15) is 0 Å². The molecule has 1 heterocycles. The summed E-state index contributed by atoms with van der Waals surface area (Å²) in [6.45, 7) is 6.47. The summed E-state index contributed by atoms with van der Waals surface area (Å²) in [5.74, 6) is 0. The molecule has 1 aromatic rings. The number of nitrogens with zero attached hydrogens (tertiary/aromatic N) is 1. The quantitative estimate of drug-likeness (QED) is 0.630. The minimum Gasteiger partial charge on any atom is -0.264 e. The fourth-order valence-electron chi connectivity index (χ4n) is 1.37. The summed E-state index contributed by atoms with van der Waals surface area (Å²) in [7, 11) is 0. The van der Waals surface area contributed by atoms with Gasteiger partial charge < -0.3 is 0 Å². The normalized spacial score (nSPS) is 10.1. The van der Waals surface area contributed by atoms with E-state index in [2.05, 4.69) is 25.8 Å². The Hall–Kier alpha value is -0.850. The second-order valence-electron chi connectivity index (χ2n) is 3.00. The lowest BCUT2D eigenvalue weighted by Gasteiger charge is -2.06. The van der Waals surface area contributed by atoms with Crippen LogP contribution in [0, 0.1) is 13.8 Å². The van der Waals surface area contributed by atoms with E-state index in [1.54, 1.807) is 0 Å². The van der Waals surface area contributed by atoms with E-state index in [0.29, 0.717) is 0 Å². The van der Waals surface area contributed by atoms with Crippen molar-refractivity contribution in [2.45, 2.75) is 33.6 Å².